The molecule has 1 fully saturated rings. The third kappa shape index (κ3) is 4.88. The second-order valence-corrected chi connectivity index (χ2v) is 10.8. The summed E-state index contributed by atoms with van der Waals surface area (Å²) in [6.07, 6.45) is 3.00. The number of H-pyrrole nitrogens is 1. The van der Waals surface area contributed by atoms with Crippen molar-refractivity contribution >= 4 is 21.1 Å². The summed E-state index contributed by atoms with van der Waals surface area (Å²) in [5.41, 5.74) is 2.87. The fourth-order valence-corrected chi connectivity index (χ4v) is 6.50. The normalized spacial score (nSPS) is 20.6. The molecule has 3 atom stereocenters. The van der Waals surface area contributed by atoms with Gasteiger partial charge in [0.15, 0.2) is 11.5 Å². The molecular formula is C25H33N3O4S. The van der Waals surface area contributed by atoms with Crippen LogP contribution >= 0.6 is 0 Å². The Kier molecular flexibility index (Phi) is 6.97. The van der Waals surface area contributed by atoms with E-state index in [0.29, 0.717) is 36.4 Å². The van der Waals surface area contributed by atoms with Gasteiger partial charge in [0.25, 0.3) is 10.2 Å². The Hall–Kier alpha value is -2.55. The zero-order valence-electron chi connectivity index (χ0n) is 19.7. The maximum absolute atomic E-state index is 13.3. The topological polar surface area (TPSA) is 83.7 Å². The maximum atomic E-state index is 13.3. The van der Waals surface area contributed by atoms with E-state index >= 15 is 0 Å². The highest BCUT2D eigenvalue weighted by atomic mass is 32.2. The first kappa shape index (κ1) is 23.6. The van der Waals surface area contributed by atoms with Gasteiger partial charge in [-0.1, -0.05) is 44.2 Å². The Morgan fingerprint density at radius 2 is 1.76 bits per heavy atom. The largest absolute Gasteiger partial charge is 0.493 e. The summed E-state index contributed by atoms with van der Waals surface area (Å²) in [6, 6.07) is 13.7. The zero-order valence-corrected chi connectivity index (χ0v) is 20.5. The van der Waals surface area contributed by atoms with E-state index in [1.807, 2.05) is 48.7 Å². The molecule has 4 rings (SSSR count). The van der Waals surface area contributed by atoms with Gasteiger partial charge in [0.05, 0.1) is 14.2 Å². The van der Waals surface area contributed by atoms with Gasteiger partial charge in [-0.2, -0.15) is 12.7 Å². The van der Waals surface area contributed by atoms with Crippen LogP contribution in [0.2, 0.25) is 0 Å². The summed E-state index contributed by atoms with van der Waals surface area (Å²) in [4.78, 5) is 3.32. The third-order valence-electron chi connectivity index (χ3n) is 6.45. The molecule has 0 bridgehead atoms. The van der Waals surface area contributed by atoms with Crippen molar-refractivity contribution in [2.45, 2.75) is 26.2 Å². The monoisotopic (exact) mass is 471 g/mol. The molecule has 3 aromatic rings. The van der Waals surface area contributed by atoms with Crippen LogP contribution < -0.4 is 14.2 Å². The number of aromatic amines is 1. The van der Waals surface area contributed by atoms with Crippen LogP contribution in [0.25, 0.3) is 10.9 Å². The van der Waals surface area contributed by atoms with Gasteiger partial charge in [-0.3, -0.25) is 0 Å². The first-order valence-corrected chi connectivity index (χ1v) is 12.8. The average Bonchev–Trinajstić information content (AvgIpc) is 3.22. The minimum Gasteiger partial charge on any atom is -0.493 e. The Balaban J connectivity index is 1.72. The molecule has 0 aliphatic carbocycles. The third-order valence-corrected chi connectivity index (χ3v) is 7.96. The SMILES string of the molecule is COc1cccc(C(CNS(=O)(=O)N2CC(C)CC(C)C2)c2c[nH]c3ccccc23)c1OC. The lowest BCUT2D eigenvalue weighted by atomic mass is 9.90. The van der Waals surface area contributed by atoms with E-state index in [1.54, 1.807) is 18.5 Å². The van der Waals surface area contributed by atoms with Crippen LogP contribution in [0.15, 0.2) is 48.7 Å². The first-order chi connectivity index (χ1) is 15.8. The fraction of sp³-hybridized carbons (Fsp3) is 0.440. The zero-order chi connectivity index (χ0) is 23.6. The summed E-state index contributed by atoms with van der Waals surface area (Å²) in [6.45, 7) is 5.49. The van der Waals surface area contributed by atoms with Crippen LogP contribution in [0.3, 0.4) is 0 Å². The molecule has 0 spiro atoms. The fourth-order valence-electron chi connectivity index (χ4n) is 5.04. The van der Waals surface area contributed by atoms with Crippen molar-refractivity contribution in [2.24, 2.45) is 11.8 Å². The molecule has 1 aliphatic rings. The molecule has 3 unspecified atom stereocenters. The summed E-state index contributed by atoms with van der Waals surface area (Å²) >= 11 is 0. The van der Waals surface area contributed by atoms with Crippen LogP contribution in [0, 0.1) is 11.8 Å². The predicted molar refractivity (Wildman–Crippen MR) is 131 cm³/mol. The van der Waals surface area contributed by atoms with E-state index in [2.05, 4.69) is 23.6 Å². The van der Waals surface area contributed by atoms with Crippen molar-refractivity contribution < 1.29 is 17.9 Å². The number of benzene rings is 2. The van der Waals surface area contributed by atoms with E-state index in [-0.39, 0.29) is 12.5 Å². The van der Waals surface area contributed by atoms with Gasteiger partial charge in [-0.25, -0.2) is 4.72 Å². The van der Waals surface area contributed by atoms with Gasteiger partial charge in [0.1, 0.15) is 0 Å². The number of methoxy groups -OCH3 is 2. The highest BCUT2D eigenvalue weighted by Crippen LogP contribution is 2.40. The minimum atomic E-state index is -3.63. The van der Waals surface area contributed by atoms with Gasteiger partial charge in [0.2, 0.25) is 0 Å². The second-order valence-electron chi connectivity index (χ2n) is 9.04. The van der Waals surface area contributed by atoms with Gasteiger partial charge in [0, 0.05) is 48.2 Å². The van der Waals surface area contributed by atoms with Crippen molar-refractivity contribution in [3.63, 3.8) is 0 Å². The Bertz CT molecular complexity index is 1200. The molecule has 33 heavy (non-hydrogen) atoms. The van der Waals surface area contributed by atoms with Crippen LogP contribution in [0.4, 0.5) is 0 Å². The lowest BCUT2D eigenvalue weighted by Gasteiger charge is -2.34. The smallest absolute Gasteiger partial charge is 0.279 e. The molecule has 7 nitrogen and oxygen atoms in total. The maximum Gasteiger partial charge on any atom is 0.279 e. The summed E-state index contributed by atoms with van der Waals surface area (Å²) in [7, 11) is -0.424. The molecule has 1 saturated heterocycles. The number of piperidine rings is 1. The van der Waals surface area contributed by atoms with Crippen molar-refractivity contribution in [1.29, 1.82) is 0 Å². The minimum absolute atomic E-state index is 0.201. The van der Waals surface area contributed by atoms with E-state index in [1.165, 1.54) is 0 Å². The van der Waals surface area contributed by atoms with E-state index in [4.69, 9.17) is 9.47 Å². The molecule has 0 saturated carbocycles. The number of hydrogen-bond acceptors (Lipinski definition) is 4. The number of ether oxygens (including phenoxy) is 2. The summed E-state index contributed by atoms with van der Waals surface area (Å²) in [5, 5.41) is 1.05. The van der Waals surface area contributed by atoms with Gasteiger partial charge in [-0.05, 0) is 36.0 Å². The second kappa shape index (κ2) is 9.75. The van der Waals surface area contributed by atoms with E-state index in [9.17, 15) is 8.42 Å². The highest BCUT2D eigenvalue weighted by molar-refractivity contribution is 7.87. The first-order valence-electron chi connectivity index (χ1n) is 11.4. The number of hydrogen-bond donors (Lipinski definition) is 2. The molecule has 8 heteroatoms. The van der Waals surface area contributed by atoms with Crippen LogP contribution in [0.5, 0.6) is 11.5 Å². The van der Waals surface area contributed by atoms with Crippen molar-refractivity contribution in [2.75, 3.05) is 33.9 Å². The molecule has 1 aromatic heterocycles. The number of nitrogens with one attached hydrogen (secondary N) is 2. The molecule has 2 aromatic carbocycles. The Morgan fingerprint density at radius 1 is 1.03 bits per heavy atom. The lowest BCUT2D eigenvalue weighted by Crippen LogP contribution is -2.48. The van der Waals surface area contributed by atoms with E-state index < -0.39 is 10.2 Å². The molecule has 2 N–H and O–H groups in total. The molecule has 0 radical (unpaired) electrons. The average molecular weight is 472 g/mol. The number of aromatic nitrogens is 1. The Labute approximate surface area is 196 Å². The number of nitrogens with zero attached hydrogens (tertiary/aromatic N) is 1. The number of rotatable bonds is 8. The number of para-hydroxylation sites is 2. The van der Waals surface area contributed by atoms with Crippen molar-refractivity contribution in [3.8, 4) is 11.5 Å². The van der Waals surface area contributed by atoms with Crippen molar-refractivity contribution in [3.05, 3.63) is 59.8 Å². The van der Waals surface area contributed by atoms with Gasteiger partial charge >= 0.3 is 0 Å². The number of fused-ring (bicyclic) bond motifs is 1. The standard InChI is InChI=1S/C25H33N3O4S/c1-17-12-18(2)16-28(15-17)33(29,30)27-14-22(20-9-7-11-24(31-3)25(20)32-4)21-13-26-23-10-6-5-8-19(21)23/h5-11,13,17-18,22,26-27H,12,14-16H2,1-4H3. The van der Waals surface area contributed by atoms with Gasteiger partial charge < -0.3 is 14.5 Å². The van der Waals surface area contributed by atoms with Crippen LogP contribution in [-0.2, 0) is 10.2 Å². The lowest BCUT2D eigenvalue weighted by molar-refractivity contribution is 0.220. The quantitative estimate of drug-likeness (QED) is 0.517. The molecule has 1 aliphatic heterocycles. The summed E-state index contributed by atoms with van der Waals surface area (Å²) < 4.78 is 42.3. The highest BCUT2D eigenvalue weighted by Gasteiger charge is 2.32. The van der Waals surface area contributed by atoms with E-state index in [0.717, 1.165) is 28.5 Å². The summed E-state index contributed by atoms with van der Waals surface area (Å²) in [5.74, 6) is 1.62. The van der Waals surface area contributed by atoms with Crippen LogP contribution in [-0.4, -0.2) is 51.6 Å². The molecule has 2 heterocycles. The predicted octanol–water partition coefficient (Wildman–Crippen LogP) is 4.13. The molecule has 178 valence electrons. The van der Waals surface area contributed by atoms with Gasteiger partial charge in [-0.15, -0.1) is 0 Å². The van der Waals surface area contributed by atoms with Crippen LogP contribution in [0.1, 0.15) is 37.3 Å². The molecule has 0 amide bonds. The Morgan fingerprint density at radius 3 is 2.45 bits per heavy atom. The van der Waals surface area contributed by atoms with Crippen molar-refractivity contribution in [1.82, 2.24) is 14.0 Å². The molecular weight excluding hydrogens is 438 g/mol.